The molecular weight excluding hydrogens is 339 g/mol. The molecule has 1 heterocycles. The SMILES string of the molecule is CNC[C@@H]1C[C@H](F)CN1S(=O)(=O)c1c(OC)cc(OC)cc1OC. The summed E-state index contributed by atoms with van der Waals surface area (Å²) in [5.74, 6) is 0.590. The Balaban J connectivity index is 2.56. The third-order valence-corrected chi connectivity index (χ3v) is 5.97. The Kier molecular flexibility index (Phi) is 5.89. The normalized spacial score (nSPS) is 21.7. The Labute approximate surface area is 141 Å². The van der Waals surface area contributed by atoms with Crippen molar-refractivity contribution in [1.29, 1.82) is 0 Å². The van der Waals surface area contributed by atoms with Crippen LogP contribution in [0, 0.1) is 0 Å². The lowest BCUT2D eigenvalue weighted by Crippen LogP contribution is -2.41. The van der Waals surface area contributed by atoms with Crippen LogP contribution >= 0.6 is 0 Å². The molecule has 0 unspecified atom stereocenters. The van der Waals surface area contributed by atoms with Crippen molar-refractivity contribution in [2.24, 2.45) is 0 Å². The van der Waals surface area contributed by atoms with Crippen molar-refractivity contribution in [3.05, 3.63) is 12.1 Å². The molecule has 1 aliphatic heterocycles. The molecule has 0 bridgehead atoms. The first-order valence-corrected chi connectivity index (χ1v) is 8.93. The fourth-order valence-electron chi connectivity index (χ4n) is 2.89. The molecule has 0 aromatic heterocycles. The van der Waals surface area contributed by atoms with Crippen molar-refractivity contribution in [3.63, 3.8) is 0 Å². The summed E-state index contributed by atoms with van der Waals surface area (Å²) >= 11 is 0. The second-order valence-corrected chi connectivity index (χ2v) is 7.31. The number of benzene rings is 1. The quantitative estimate of drug-likeness (QED) is 0.781. The fraction of sp³-hybridized carbons (Fsp3) is 0.600. The Morgan fingerprint density at radius 1 is 1.21 bits per heavy atom. The highest BCUT2D eigenvalue weighted by Gasteiger charge is 2.42. The van der Waals surface area contributed by atoms with E-state index < -0.39 is 22.2 Å². The third-order valence-electron chi connectivity index (χ3n) is 3.99. The molecular formula is C15H23FN2O5S. The highest BCUT2D eigenvalue weighted by Crippen LogP contribution is 2.41. The molecule has 1 N–H and O–H groups in total. The van der Waals surface area contributed by atoms with Gasteiger partial charge in [0.05, 0.1) is 21.3 Å². The number of alkyl halides is 1. The van der Waals surface area contributed by atoms with Gasteiger partial charge >= 0.3 is 0 Å². The monoisotopic (exact) mass is 362 g/mol. The Bertz CT molecular complexity index is 657. The van der Waals surface area contributed by atoms with Crippen LogP contribution in [0.1, 0.15) is 6.42 Å². The van der Waals surface area contributed by atoms with E-state index in [4.69, 9.17) is 14.2 Å². The van der Waals surface area contributed by atoms with Gasteiger partial charge in [0.2, 0.25) is 0 Å². The minimum absolute atomic E-state index is 0.0942. The number of likely N-dealkylation sites (N-methyl/N-ethyl adjacent to an activating group) is 1. The van der Waals surface area contributed by atoms with Crippen LogP contribution in [0.3, 0.4) is 0 Å². The first-order chi connectivity index (χ1) is 11.4. The average Bonchev–Trinajstić information content (AvgIpc) is 2.95. The summed E-state index contributed by atoms with van der Waals surface area (Å²) in [6.45, 7) is 0.174. The van der Waals surface area contributed by atoms with Crippen LogP contribution < -0.4 is 19.5 Å². The number of nitrogens with one attached hydrogen (secondary N) is 1. The smallest absolute Gasteiger partial charge is 0.250 e. The summed E-state index contributed by atoms with van der Waals surface area (Å²) < 4.78 is 56.9. The molecule has 1 aromatic carbocycles. The molecule has 1 fully saturated rings. The van der Waals surface area contributed by atoms with Crippen LogP contribution in [0.4, 0.5) is 4.39 Å². The molecule has 0 radical (unpaired) electrons. The second-order valence-electron chi connectivity index (χ2n) is 5.48. The maximum absolute atomic E-state index is 13.9. The van der Waals surface area contributed by atoms with Crippen LogP contribution in [0.25, 0.3) is 0 Å². The number of rotatable bonds is 7. The highest BCUT2D eigenvalue weighted by atomic mass is 32.2. The van der Waals surface area contributed by atoms with Gasteiger partial charge in [0.25, 0.3) is 10.0 Å². The third kappa shape index (κ3) is 3.42. The van der Waals surface area contributed by atoms with Crippen LogP contribution in [-0.4, -0.2) is 66.4 Å². The summed E-state index contributed by atoms with van der Waals surface area (Å²) in [6, 6.07) is 2.46. The lowest BCUT2D eigenvalue weighted by atomic mass is 10.2. The van der Waals surface area contributed by atoms with Crippen molar-refractivity contribution in [2.45, 2.75) is 23.5 Å². The van der Waals surface area contributed by atoms with Gasteiger partial charge in [-0.2, -0.15) is 4.31 Å². The molecule has 0 spiro atoms. The van der Waals surface area contributed by atoms with Crippen molar-refractivity contribution in [2.75, 3.05) is 41.5 Å². The van der Waals surface area contributed by atoms with Crippen molar-refractivity contribution in [1.82, 2.24) is 9.62 Å². The van der Waals surface area contributed by atoms with Gasteiger partial charge in [0, 0.05) is 31.3 Å². The Hall–Kier alpha value is -1.58. The van der Waals surface area contributed by atoms with Crippen molar-refractivity contribution >= 4 is 10.0 Å². The predicted molar refractivity (Wildman–Crippen MR) is 87.2 cm³/mol. The van der Waals surface area contributed by atoms with Gasteiger partial charge in [-0.05, 0) is 13.5 Å². The van der Waals surface area contributed by atoms with Gasteiger partial charge in [-0.15, -0.1) is 0 Å². The highest BCUT2D eigenvalue weighted by molar-refractivity contribution is 7.89. The molecule has 1 saturated heterocycles. The number of halogens is 1. The lowest BCUT2D eigenvalue weighted by molar-refractivity contribution is 0.334. The van der Waals surface area contributed by atoms with Crippen LogP contribution in [0.15, 0.2) is 17.0 Å². The van der Waals surface area contributed by atoms with Gasteiger partial charge in [0.15, 0.2) is 4.90 Å². The van der Waals surface area contributed by atoms with E-state index in [1.54, 1.807) is 7.05 Å². The van der Waals surface area contributed by atoms with E-state index >= 15 is 0 Å². The predicted octanol–water partition coefficient (Wildman–Crippen LogP) is 1.03. The molecule has 1 aromatic rings. The molecule has 136 valence electrons. The average molecular weight is 362 g/mol. The molecule has 0 aliphatic carbocycles. The molecule has 9 heteroatoms. The van der Waals surface area contributed by atoms with Crippen LogP contribution in [0.2, 0.25) is 0 Å². The van der Waals surface area contributed by atoms with E-state index in [2.05, 4.69) is 5.32 Å². The molecule has 0 saturated carbocycles. The summed E-state index contributed by atoms with van der Waals surface area (Å²) in [7, 11) is 1.87. The zero-order valence-corrected chi connectivity index (χ0v) is 15.0. The first-order valence-electron chi connectivity index (χ1n) is 7.49. The molecule has 2 rings (SSSR count). The fourth-order valence-corrected chi connectivity index (χ4v) is 4.83. The number of nitrogens with zero attached hydrogens (tertiary/aromatic N) is 1. The van der Waals surface area contributed by atoms with E-state index in [0.29, 0.717) is 12.3 Å². The van der Waals surface area contributed by atoms with Gasteiger partial charge in [0.1, 0.15) is 23.4 Å². The zero-order valence-electron chi connectivity index (χ0n) is 14.2. The minimum atomic E-state index is -4.01. The minimum Gasteiger partial charge on any atom is -0.496 e. The Morgan fingerprint density at radius 3 is 2.25 bits per heavy atom. The molecule has 7 nitrogen and oxygen atoms in total. The van der Waals surface area contributed by atoms with Crippen molar-refractivity contribution in [3.8, 4) is 17.2 Å². The Morgan fingerprint density at radius 2 is 1.79 bits per heavy atom. The largest absolute Gasteiger partial charge is 0.496 e. The molecule has 0 amide bonds. The standard InChI is InChI=1S/C15H23FN2O5S/c1-17-8-11-5-10(16)9-18(11)24(19,20)15-13(22-3)6-12(21-2)7-14(15)23-4/h6-7,10-11,17H,5,8-9H2,1-4H3/t10-,11-/m0/s1. The van der Waals surface area contributed by atoms with Gasteiger partial charge in [-0.1, -0.05) is 0 Å². The number of hydrogen-bond acceptors (Lipinski definition) is 6. The van der Waals surface area contributed by atoms with Crippen molar-refractivity contribution < 1.29 is 27.0 Å². The van der Waals surface area contributed by atoms with E-state index in [9.17, 15) is 12.8 Å². The van der Waals surface area contributed by atoms with Gasteiger partial charge in [-0.3, -0.25) is 0 Å². The van der Waals surface area contributed by atoms with E-state index in [1.807, 2.05) is 0 Å². The van der Waals surface area contributed by atoms with Gasteiger partial charge in [-0.25, -0.2) is 12.8 Å². The van der Waals surface area contributed by atoms with Gasteiger partial charge < -0.3 is 19.5 Å². The topological polar surface area (TPSA) is 77.1 Å². The summed E-state index contributed by atoms with van der Waals surface area (Å²) in [6.07, 6.45) is -1.05. The number of methoxy groups -OCH3 is 3. The zero-order chi connectivity index (χ0) is 17.9. The summed E-state index contributed by atoms with van der Waals surface area (Å²) in [4.78, 5) is -0.122. The summed E-state index contributed by atoms with van der Waals surface area (Å²) in [5, 5.41) is 2.90. The number of ether oxygens (including phenoxy) is 3. The molecule has 1 aliphatic rings. The number of sulfonamides is 1. The maximum atomic E-state index is 13.9. The second kappa shape index (κ2) is 7.54. The summed E-state index contributed by atoms with van der Waals surface area (Å²) in [5.41, 5.74) is 0. The lowest BCUT2D eigenvalue weighted by Gasteiger charge is -2.25. The van der Waals surface area contributed by atoms with E-state index in [-0.39, 0.29) is 29.4 Å². The molecule has 24 heavy (non-hydrogen) atoms. The number of hydrogen-bond donors (Lipinski definition) is 1. The van der Waals surface area contributed by atoms with E-state index in [1.165, 1.54) is 37.8 Å². The van der Waals surface area contributed by atoms with Crippen LogP contribution in [0.5, 0.6) is 17.2 Å². The maximum Gasteiger partial charge on any atom is 0.250 e. The molecule has 2 atom stereocenters. The van der Waals surface area contributed by atoms with Crippen LogP contribution in [-0.2, 0) is 10.0 Å². The first kappa shape index (κ1) is 18.8. The van der Waals surface area contributed by atoms with E-state index in [0.717, 1.165) is 0 Å².